The highest BCUT2D eigenvalue weighted by atomic mass is 32.1. The topological polar surface area (TPSA) is 70.5 Å². The Morgan fingerprint density at radius 1 is 1.23 bits per heavy atom. The van der Waals surface area contributed by atoms with E-state index in [1.807, 2.05) is 18.2 Å². The van der Waals surface area contributed by atoms with Gasteiger partial charge in [0.2, 0.25) is 5.91 Å². The molecule has 1 aliphatic heterocycles. The number of thiazole rings is 1. The normalized spacial score (nSPS) is 24.9. The molecule has 3 atom stereocenters. The molecule has 1 saturated carbocycles. The van der Waals surface area contributed by atoms with E-state index in [0.29, 0.717) is 18.9 Å². The predicted octanol–water partition coefficient (Wildman–Crippen LogP) is 3.72. The number of benzene rings is 1. The summed E-state index contributed by atoms with van der Waals surface area (Å²) in [6.45, 7) is 0.637. The van der Waals surface area contributed by atoms with Crippen molar-refractivity contribution in [2.45, 2.75) is 51.0 Å². The van der Waals surface area contributed by atoms with E-state index in [0.717, 1.165) is 49.0 Å². The van der Waals surface area contributed by atoms with E-state index in [1.54, 1.807) is 16.2 Å². The van der Waals surface area contributed by atoms with Crippen molar-refractivity contribution in [2.24, 2.45) is 11.8 Å². The number of hydrogen-bond donors (Lipinski definition) is 1. The third-order valence-corrected chi connectivity index (χ3v) is 6.93. The molecule has 4 rings (SSSR count). The van der Waals surface area contributed by atoms with Crippen molar-refractivity contribution in [1.82, 2.24) is 9.88 Å². The fraction of sp³-hybridized carbons (Fsp3) is 0.550. The number of hydrogen-bond acceptors (Lipinski definition) is 4. The summed E-state index contributed by atoms with van der Waals surface area (Å²) in [6.07, 6.45) is 6.12. The second kappa shape index (κ2) is 7.35. The third kappa shape index (κ3) is 3.34. The van der Waals surface area contributed by atoms with Crippen molar-refractivity contribution >= 4 is 33.4 Å². The molecule has 1 saturated heterocycles. The number of aromatic nitrogens is 1. The maximum absolute atomic E-state index is 12.6. The number of likely N-dealkylation sites (tertiary alicyclic amines) is 1. The average Bonchev–Trinajstić information content (AvgIpc) is 3.30. The summed E-state index contributed by atoms with van der Waals surface area (Å²) < 4.78 is 1.20. The minimum absolute atomic E-state index is 0.0103. The number of aliphatic carboxylic acids is 1. The molecule has 3 unspecified atom stereocenters. The second-order valence-corrected chi connectivity index (χ2v) is 8.58. The van der Waals surface area contributed by atoms with Crippen molar-refractivity contribution in [3.8, 4) is 0 Å². The molecule has 138 valence electrons. The van der Waals surface area contributed by atoms with Crippen LogP contribution in [0.15, 0.2) is 24.3 Å². The number of carbonyl (C=O) groups is 2. The van der Waals surface area contributed by atoms with Gasteiger partial charge in [-0.2, -0.15) is 0 Å². The second-order valence-electron chi connectivity index (χ2n) is 7.47. The summed E-state index contributed by atoms with van der Waals surface area (Å²) in [7, 11) is 0. The number of fused-ring (bicyclic) bond motifs is 2. The highest BCUT2D eigenvalue weighted by molar-refractivity contribution is 7.18. The summed E-state index contributed by atoms with van der Waals surface area (Å²) in [5, 5.41) is 10.7. The molecule has 26 heavy (non-hydrogen) atoms. The maximum atomic E-state index is 12.6. The monoisotopic (exact) mass is 372 g/mol. The van der Waals surface area contributed by atoms with Crippen molar-refractivity contribution < 1.29 is 14.7 Å². The summed E-state index contributed by atoms with van der Waals surface area (Å²) >= 11 is 1.71. The van der Waals surface area contributed by atoms with Gasteiger partial charge in [0.05, 0.1) is 15.2 Å². The number of nitrogens with zero attached hydrogens (tertiary/aromatic N) is 2. The lowest BCUT2D eigenvalue weighted by atomic mass is 9.94. The molecule has 2 aromatic rings. The van der Waals surface area contributed by atoms with Crippen LogP contribution in [0.3, 0.4) is 0 Å². The number of aryl methyl sites for hydroxylation is 1. The van der Waals surface area contributed by atoms with E-state index in [9.17, 15) is 14.7 Å². The zero-order chi connectivity index (χ0) is 18.1. The van der Waals surface area contributed by atoms with Gasteiger partial charge in [0.25, 0.3) is 0 Å². The van der Waals surface area contributed by atoms with Gasteiger partial charge >= 0.3 is 5.97 Å². The molecule has 2 aliphatic rings. The molecule has 2 fully saturated rings. The van der Waals surface area contributed by atoms with Gasteiger partial charge in [-0.1, -0.05) is 18.6 Å². The molecule has 6 heteroatoms. The van der Waals surface area contributed by atoms with Crippen LogP contribution in [0.25, 0.3) is 10.2 Å². The standard InChI is InChI=1S/C20H24N2O3S/c23-18(22-12-13-6-5-7-14(13)19(22)20(24)25)11-4-3-10-17-21-15-8-1-2-9-16(15)26-17/h1-2,8-9,13-14,19H,3-7,10-12H2,(H,24,25). The molecule has 0 spiro atoms. The molecule has 5 nitrogen and oxygen atoms in total. The third-order valence-electron chi connectivity index (χ3n) is 5.83. The van der Waals surface area contributed by atoms with Crippen LogP contribution < -0.4 is 0 Å². The Labute approximate surface area is 157 Å². The van der Waals surface area contributed by atoms with E-state index in [4.69, 9.17) is 0 Å². The lowest BCUT2D eigenvalue weighted by Crippen LogP contribution is -2.43. The van der Waals surface area contributed by atoms with E-state index in [-0.39, 0.29) is 11.8 Å². The lowest BCUT2D eigenvalue weighted by Gasteiger charge is -2.24. The van der Waals surface area contributed by atoms with Gasteiger partial charge in [0.15, 0.2) is 0 Å². The first-order valence-electron chi connectivity index (χ1n) is 9.50. The van der Waals surface area contributed by atoms with Crippen LogP contribution in [0.5, 0.6) is 0 Å². The van der Waals surface area contributed by atoms with Crippen LogP contribution in [0, 0.1) is 11.8 Å². The van der Waals surface area contributed by atoms with Gasteiger partial charge < -0.3 is 10.0 Å². The van der Waals surface area contributed by atoms with Crippen LogP contribution >= 0.6 is 11.3 Å². The van der Waals surface area contributed by atoms with Crippen LogP contribution in [-0.4, -0.2) is 39.5 Å². The Balaban J connectivity index is 1.29. The molecule has 1 aromatic heterocycles. The molecule has 0 bridgehead atoms. The molecule has 1 amide bonds. The average molecular weight is 372 g/mol. The Morgan fingerprint density at radius 2 is 2.08 bits per heavy atom. The first-order chi connectivity index (χ1) is 12.6. The summed E-state index contributed by atoms with van der Waals surface area (Å²) in [6, 6.07) is 7.52. The van der Waals surface area contributed by atoms with Crippen molar-refractivity contribution in [1.29, 1.82) is 0 Å². The van der Waals surface area contributed by atoms with Gasteiger partial charge in [0.1, 0.15) is 6.04 Å². The Hall–Kier alpha value is -1.95. The smallest absolute Gasteiger partial charge is 0.326 e. The number of para-hydroxylation sites is 1. The van der Waals surface area contributed by atoms with Crippen LogP contribution in [0.4, 0.5) is 0 Å². The minimum atomic E-state index is -0.831. The largest absolute Gasteiger partial charge is 0.480 e. The van der Waals surface area contributed by atoms with Crippen LogP contribution in [-0.2, 0) is 16.0 Å². The Morgan fingerprint density at radius 3 is 2.88 bits per heavy atom. The first-order valence-corrected chi connectivity index (χ1v) is 10.3. The van der Waals surface area contributed by atoms with E-state index >= 15 is 0 Å². The number of carboxylic acids is 1. The fourth-order valence-electron chi connectivity index (χ4n) is 4.60. The highest BCUT2D eigenvalue weighted by Crippen LogP contribution is 2.42. The van der Waals surface area contributed by atoms with Crippen LogP contribution in [0.1, 0.15) is 43.5 Å². The minimum Gasteiger partial charge on any atom is -0.480 e. The summed E-state index contributed by atoms with van der Waals surface area (Å²) in [5.41, 5.74) is 1.04. The van der Waals surface area contributed by atoms with Gasteiger partial charge in [-0.25, -0.2) is 9.78 Å². The molecule has 1 N–H and O–H groups in total. The SMILES string of the molecule is O=C(O)C1C2CCCC2CN1C(=O)CCCCc1nc2ccccc2s1. The number of carboxylic acid groups (broad SMARTS) is 1. The predicted molar refractivity (Wildman–Crippen MR) is 101 cm³/mol. The van der Waals surface area contributed by atoms with Gasteiger partial charge in [-0.15, -0.1) is 11.3 Å². The quantitative estimate of drug-likeness (QED) is 0.785. The van der Waals surface area contributed by atoms with E-state index in [2.05, 4.69) is 11.1 Å². The molecule has 2 heterocycles. The van der Waals surface area contributed by atoms with Crippen LogP contribution in [0.2, 0.25) is 0 Å². The fourth-order valence-corrected chi connectivity index (χ4v) is 5.61. The number of carbonyl (C=O) groups excluding carboxylic acids is 1. The summed E-state index contributed by atoms with van der Waals surface area (Å²) in [4.78, 5) is 30.5. The summed E-state index contributed by atoms with van der Waals surface area (Å²) in [5.74, 6) is -0.264. The van der Waals surface area contributed by atoms with Crippen molar-refractivity contribution in [3.63, 3.8) is 0 Å². The number of amides is 1. The zero-order valence-electron chi connectivity index (χ0n) is 14.8. The number of rotatable bonds is 6. The number of unbranched alkanes of at least 4 members (excludes halogenated alkanes) is 1. The Kier molecular flexibility index (Phi) is 4.94. The van der Waals surface area contributed by atoms with E-state index < -0.39 is 12.0 Å². The Bertz CT molecular complexity index is 785. The van der Waals surface area contributed by atoms with Crippen molar-refractivity contribution in [2.75, 3.05) is 6.54 Å². The molecular weight excluding hydrogens is 348 g/mol. The van der Waals surface area contributed by atoms with E-state index in [1.165, 1.54) is 4.70 Å². The molecule has 1 aliphatic carbocycles. The molecular formula is C20H24N2O3S. The molecule has 1 aromatic carbocycles. The maximum Gasteiger partial charge on any atom is 0.326 e. The zero-order valence-corrected chi connectivity index (χ0v) is 15.6. The highest BCUT2D eigenvalue weighted by Gasteiger charge is 2.49. The van der Waals surface area contributed by atoms with Gasteiger partial charge in [-0.3, -0.25) is 4.79 Å². The van der Waals surface area contributed by atoms with Crippen molar-refractivity contribution in [3.05, 3.63) is 29.3 Å². The first kappa shape index (κ1) is 17.5. The van der Waals surface area contributed by atoms with Gasteiger partial charge in [-0.05, 0) is 56.1 Å². The van der Waals surface area contributed by atoms with Gasteiger partial charge in [0, 0.05) is 13.0 Å². The molecule has 0 radical (unpaired) electrons. The lowest BCUT2D eigenvalue weighted by molar-refractivity contribution is -0.149.